The number of nitrogens with two attached hydrogens (primary N) is 1. The fourth-order valence-electron chi connectivity index (χ4n) is 8.26. The first kappa shape index (κ1) is 89.2. The quantitative estimate of drug-likeness (QED) is 0.00856. The minimum Gasteiger partial charge on any atom is -0.870 e. The van der Waals surface area contributed by atoms with Gasteiger partial charge in [0, 0.05) is 52.7 Å². The Morgan fingerprint density at radius 3 is 1.34 bits per heavy atom. The molecule has 2 aromatic heterocycles. The van der Waals surface area contributed by atoms with Crippen molar-refractivity contribution in [2.75, 3.05) is 97.4 Å². The van der Waals surface area contributed by atoms with Gasteiger partial charge >= 0.3 is 36.8 Å². The number of rotatable bonds is 21. The van der Waals surface area contributed by atoms with Gasteiger partial charge in [0.15, 0.2) is 62.7 Å². The molecule has 1 aliphatic rings. The fourth-order valence-corrected chi connectivity index (χ4v) is 8.38. The van der Waals surface area contributed by atoms with Crippen molar-refractivity contribution in [1.82, 2.24) is 15.2 Å². The van der Waals surface area contributed by atoms with Gasteiger partial charge in [-0.2, -0.15) is 0 Å². The molecule has 1 saturated heterocycles. The van der Waals surface area contributed by atoms with Crippen LogP contribution in [0.4, 0.5) is 0 Å². The molecule has 0 spiro atoms. The van der Waals surface area contributed by atoms with E-state index in [-0.39, 0.29) is 71.5 Å². The fraction of sp³-hybridized carbons (Fsp3) is 0.323. The van der Waals surface area contributed by atoms with Gasteiger partial charge in [-0.15, -0.1) is 12.4 Å². The first-order chi connectivity index (χ1) is 45.3. The van der Waals surface area contributed by atoms with Gasteiger partial charge in [-0.1, -0.05) is 32.2 Å². The van der Waals surface area contributed by atoms with Crippen LogP contribution in [0.15, 0.2) is 122 Å². The van der Waals surface area contributed by atoms with E-state index >= 15 is 0 Å². The number of hydrogen-bond acceptors (Lipinski definition) is 28. The van der Waals surface area contributed by atoms with Crippen molar-refractivity contribution in [3.05, 3.63) is 142 Å². The number of aromatic carboxylic acids is 1. The summed E-state index contributed by atoms with van der Waals surface area (Å²) in [5.74, 6) is 8.20. The number of likely N-dealkylation sites (tertiary alicyclic amines) is 1. The molecule has 29 nitrogen and oxygen atoms in total. The minimum atomic E-state index is -1.08. The SMILES string of the molecule is CCOC(=O)C=C(C)N1CCCC1.CCOC(=O)c1c(-c2ccc(OC)c(OC)c2)noc1C.COc1ccc(-c2noc(C)c2C(=O)O)cc1OC.COc1ccc(/C(Cl)=N\O)cc1OC.COc1ccc(/C=N\O)cc1OC.COc1ccc(C=O)cc1OC.Cl.NO.[Li+].[OH-]. The van der Waals surface area contributed by atoms with Crippen LogP contribution in [0.1, 0.15) is 87.3 Å². The minimum absolute atomic E-state index is 0. The monoisotopic (exact) mass is 1390 g/mol. The van der Waals surface area contributed by atoms with Crippen LogP contribution in [0.2, 0.25) is 0 Å². The molecule has 0 atom stereocenters. The maximum atomic E-state index is 12.0. The average Bonchev–Trinajstić information content (AvgIpc) is 1.72. The number of carbonyl (C=O) groups excluding carboxylic acids is 3. The van der Waals surface area contributed by atoms with E-state index in [0.29, 0.717) is 103 Å². The molecule has 0 saturated carbocycles. The molecule has 1 fully saturated rings. The summed E-state index contributed by atoms with van der Waals surface area (Å²) in [6.45, 7) is 11.6. The van der Waals surface area contributed by atoms with Gasteiger partial charge in [-0.25, -0.2) is 20.3 Å². The number of hydrogen-bond donors (Lipinski definition) is 5. The zero-order valence-electron chi connectivity index (χ0n) is 56.8. The maximum Gasteiger partial charge on any atom is 1.00 e. The molecule has 0 radical (unpaired) electrons. The molecule has 7 N–H and O–H groups in total. The van der Waals surface area contributed by atoms with Crippen molar-refractivity contribution in [1.29, 1.82) is 0 Å². The third-order valence-electron chi connectivity index (χ3n) is 12.8. The summed E-state index contributed by atoms with van der Waals surface area (Å²) in [6.07, 6.45) is 6.13. The molecular formula is C65H83Cl2LiN6O23. The Morgan fingerprint density at radius 2 is 0.948 bits per heavy atom. The van der Waals surface area contributed by atoms with Crippen LogP contribution in [-0.4, -0.2) is 174 Å². The Bertz CT molecular complexity index is 3600. The molecule has 0 amide bonds. The molecule has 0 aliphatic carbocycles. The van der Waals surface area contributed by atoms with E-state index in [0.717, 1.165) is 30.6 Å². The number of oxime groups is 2. The molecule has 3 heterocycles. The predicted octanol–water partition coefficient (Wildman–Crippen LogP) is 8.45. The molecule has 526 valence electrons. The zero-order valence-corrected chi connectivity index (χ0v) is 58.4. The van der Waals surface area contributed by atoms with Crippen LogP contribution in [-0.2, 0) is 14.3 Å². The van der Waals surface area contributed by atoms with E-state index < -0.39 is 11.9 Å². The molecule has 8 rings (SSSR count). The van der Waals surface area contributed by atoms with Crippen molar-refractivity contribution in [3.63, 3.8) is 0 Å². The molecule has 32 heteroatoms. The summed E-state index contributed by atoms with van der Waals surface area (Å²) in [4.78, 5) is 46.9. The number of allylic oxidation sites excluding steroid dienone is 1. The first-order valence-electron chi connectivity index (χ1n) is 28.1. The topological polar surface area (TPSA) is 396 Å². The Kier molecular flexibility index (Phi) is 44.9. The smallest absolute Gasteiger partial charge is 0.870 e. The van der Waals surface area contributed by atoms with Crippen molar-refractivity contribution >= 4 is 59.6 Å². The molecule has 1 aliphatic heterocycles. The number of aromatic nitrogens is 2. The van der Waals surface area contributed by atoms with E-state index in [9.17, 15) is 19.2 Å². The molecule has 5 aromatic carbocycles. The summed E-state index contributed by atoms with van der Waals surface area (Å²) in [6, 6.07) is 25.5. The van der Waals surface area contributed by atoms with Gasteiger partial charge in [0.1, 0.15) is 40.3 Å². The molecule has 97 heavy (non-hydrogen) atoms. The Hall–Kier alpha value is -9.86. The Labute approximate surface area is 585 Å². The van der Waals surface area contributed by atoms with E-state index in [1.54, 1.807) is 161 Å². The predicted molar refractivity (Wildman–Crippen MR) is 356 cm³/mol. The van der Waals surface area contributed by atoms with Crippen LogP contribution < -0.4 is 72.1 Å². The summed E-state index contributed by atoms with van der Waals surface area (Å²) in [5, 5.41) is 46.0. The normalized spacial score (nSPS) is 10.8. The number of aldehydes is 1. The number of halogens is 2. The third-order valence-corrected chi connectivity index (χ3v) is 13.1. The van der Waals surface area contributed by atoms with Gasteiger partial charge in [-0.05, 0) is 138 Å². The van der Waals surface area contributed by atoms with Gasteiger partial charge in [0.2, 0.25) is 0 Å². The standard InChI is InChI=1S/C15H17NO5.C13H13NO5.C10H17NO2.C9H10ClNO3.C9H11NO3.C9H10O3.ClH.Li.H3NO.H2O/c1-5-20-15(17)13-9(2)21-16-14(13)10-6-7-11(18-3)12(8-10)19-4;1-7-11(13(15)16)12(14-19-7)8-4-5-9(17-2)10(6-8)18-3;1-3-13-10(12)8-9(2)11-6-4-5-7-11;1-13-7-4-3-6(9(10)11-12)5-8(7)14-2;1-12-8-4-3-7(6-10-11)5-9(8)13-2;1-11-8-4-3-7(6-10)5-9(8)12-2;;;1-2;/h6-8H,5H2,1-4H3;4-6H,1-3H3,(H,15,16);8H,3-7H2,1-2H3;3-5,12H,1-2H3;3-6,11H,1-2H3;3-6H,1-2H3;1H;;2H,1H2;1H2/q;;;;;;;+1;;/p-1/b;;;11-9+;10-6-;;;;;. The number of nitrogens with zero attached hydrogens (tertiary/aromatic N) is 5. The van der Waals surface area contributed by atoms with Crippen molar-refractivity contribution in [3.8, 4) is 80.0 Å². The maximum absolute atomic E-state index is 12.0. The van der Waals surface area contributed by atoms with Gasteiger partial charge in [-0.3, -0.25) is 4.79 Å². The number of carboxylic acid groups (broad SMARTS) is 1. The summed E-state index contributed by atoms with van der Waals surface area (Å²) < 4.78 is 70.8. The van der Waals surface area contributed by atoms with Gasteiger partial charge < -0.3 is 97.0 Å². The molecule has 0 bridgehead atoms. The van der Waals surface area contributed by atoms with Crippen LogP contribution in [0.5, 0.6) is 57.5 Å². The number of carbonyl (C=O) groups is 4. The van der Waals surface area contributed by atoms with Gasteiger partial charge in [0.25, 0.3) is 0 Å². The van der Waals surface area contributed by atoms with Crippen LogP contribution >= 0.6 is 24.0 Å². The van der Waals surface area contributed by atoms with Crippen LogP contribution in [0.25, 0.3) is 22.5 Å². The second-order valence-corrected chi connectivity index (χ2v) is 18.7. The zero-order chi connectivity index (χ0) is 70.3. The summed E-state index contributed by atoms with van der Waals surface area (Å²) in [7, 11) is 15.4. The van der Waals surface area contributed by atoms with Crippen LogP contribution in [0, 0.1) is 13.8 Å². The summed E-state index contributed by atoms with van der Waals surface area (Å²) >= 11 is 5.62. The Balaban J connectivity index is 0. The third kappa shape index (κ3) is 27.4. The second-order valence-electron chi connectivity index (χ2n) is 18.4. The van der Waals surface area contributed by atoms with Gasteiger partial charge in [0.05, 0.1) is 90.5 Å². The van der Waals surface area contributed by atoms with Crippen LogP contribution in [0.3, 0.4) is 0 Å². The van der Waals surface area contributed by atoms with E-state index in [1.165, 1.54) is 47.5 Å². The number of aryl methyl sites for hydroxylation is 2. The second kappa shape index (κ2) is 48.8. The van der Waals surface area contributed by atoms with Crippen molar-refractivity contribution < 1.29 is 130 Å². The largest absolute Gasteiger partial charge is 1.00 e. The number of carboxylic acids is 1. The van der Waals surface area contributed by atoms with Crippen molar-refractivity contribution in [2.45, 2.75) is 47.5 Å². The van der Waals surface area contributed by atoms with E-state index in [1.807, 2.05) is 13.8 Å². The molecule has 7 aromatic rings. The first-order valence-corrected chi connectivity index (χ1v) is 28.5. The van der Waals surface area contributed by atoms with Crippen molar-refractivity contribution in [2.24, 2.45) is 16.2 Å². The number of ether oxygens (including phenoxy) is 12. The summed E-state index contributed by atoms with van der Waals surface area (Å²) in [5.41, 5.74) is 5.25. The molecular weight excluding hydrogens is 1310 g/mol. The number of methoxy groups -OCH3 is 10. The average molecular weight is 1390 g/mol. The number of esters is 2. The van der Waals surface area contributed by atoms with E-state index in [4.69, 9.17) is 98.2 Å². The number of benzene rings is 5. The molecule has 0 unspecified atom stereocenters. The van der Waals surface area contributed by atoms with E-state index in [2.05, 4.69) is 31.4 Å². The Morgan fingerprint density at radius 1 is 0.577 bits per heavy atom.